The van der Waals surface area contributed by atoms with Gasteiger partial charge in [0, 0.05) is 32.2 Å². The smallest absolute Gasteiger partial charge is 0.239 e. The second-order valence-corrected chi connectivity index (χ2v) is 7.62. The molecule has 8 heteroatoms. The van der Waals surface area contributed by atoms with Crippen LogP contribution >= 0.6 is 0 Å². The number of fused-ring (bicyclic) bond motifs is 1. The van der Waals surface area contributed by atoms with Gasteiger partial charge in [-0.15, -0.1) is 0 Å². The van der Waals surface area contributed by atoms with Crippen LogP contribution in [-0.2, 0) is 9.47 Å². The Balaban J connectivity index is 1.62. The molecule has 0 saturated carbocycles. The lowest BCUT2D eigenvalue weighted by Crippen LogP contribution is -2.39. The largest absolute Gasteiger partial charge is 0.378 e. The minimum atomic E-state index is 0.654. The predicted molar refractivity (Wildman–Crippen MR) is 112 cm³/mol. The highest BCUT2D eigenvalue weighted by Gasteiger charge is 2.20. The number of hydrogen-bond donors (Lipinski definition) is 0. The van der Waals surface area contributed by atoms with Crippen LogP contribution in [0.25, 0.3) is 17.0 Å². The summed E-state index contributed by atoms with van der Waals surface area (Å²) in [7, 11) is 0. The molecule has 152 valence electrons. The normalized spacial score (nSPS) is 17.9. The Hall–Kier alpha value is -2.71. The number of ether oxygens (including phenoxy) is 2. The van der Waals surface area contributed by atoms with E-state index in [0.29, 0.717) is 5.95 Å². The van der Waals surface area contributed by atoms with Gasteiger partial charge >= 0.3 is 0 Å². The Bertz CT molecular complexity index is 985. The summed E-state index contributed by atoms with van der Waals surface area (Å²) in [6, 6.07) is 6.38. The van der Waals surface area contributed by atoms with Gasteiger partial charge in [0.15, 0.2) is 0 Å². The van der Waals surface area contributed by atoms with Gasteiger partial charge in [-0.2, -0.15) is 9.97 Å². The summed E-state index contributed by atoms with van der Waals surface area (Å²) < 4.78 is 13.0. The molecule has 2 aliphatic heterocycles. The minimum absolute atomic E-state index is 0.654. The third-order valence-electron chi connectivity index (χ3n) is 5.74. The highest BCUT2D eigenvalue weighted by Crippen LogP contribution is 2.25. The molecule has 0 bridgehead atoms. The maximum Gasteiger partial charge on any atom is 0.239 e. The van der Waals surface area contributed by atoms with Gasteiger partial charge in [0.1, 0.15) is 18.0 Å². The summed E-state index contributed by atoms with van der Waals surface area (Å²) in [5.41, 5.74) is 4.46. The van der Waals surface area contributed by atoms with Gasteiger partial charge < -0.3 is 19.3 Å². The molecule has 0 radical (unpaired) electrons. The van der Waals surface area contributed by atoms with E-state index in [0.717, 1.165) is 75.3 Å². The van der Waals surface area contributed by atoms with Gasteiger partial charge in [0.2, 0.25) is 5.95 Å². The van der Waals surface area contributed by atoms with Crippen molar-refractivity contribution in [2.75, 3.05) is 62.4 Å². The molecule has 0 aliphatic carbocycles. The van der Waals surface area contributed by atoms with Crippen molar-refractivity contribution in [1.29, 1.82) is 0 Å². The number of benzene rings is 1. The molecule has 0 spiro atoms. The molecule has 29 heavy (non-hydrogen) atoms. The first-order chi connectivity index (χ1) is 14.2. The van der Waals surface area contributed by atoms with E-state index in [1.54, 1.807) is 0 Å². The van der Waals surface area contributed by atoms with Crippen molar-refractivity contribution in [2.45, 2.75) is 13.8 Å². The molecule has 0 atom stereocenters. The molecule has 5 rings (SSSR count). The molecule has 4 heterocycles. The molecule has 0 N–H and O–H groups in total. The summed E-state index contributed by atoms with van der Waals surface area (Å²) in [6.07, 6.45) is 1.82. The van der Waals surface area contributed by atoms with E-state index in [-0.39, 0.29) is 0 Å². The number of aromatic nitrogens is 4. The molecule has 1 aromatic carbocycles. The summed E-state index contributed by atoms with van der Waals surface area (Å²) >= 11 is 0. The van der Waals surface area contributed by atoms with Gasteiger partial charge in [-0.25, -0.2) is 4.98 Å². The Labute approximate surface area is 170 Å². The standard InChI is InChI=1S/C21H26N6O2/c1-15-11-17-18(12-16(15)2)27(14-22-17)21-23-19(25-3-7-28-8-4-25)13-20(24-21)26-5-9-29-10-6-26/h11-14H,3-10H2,1-2H3. The molecular weight excluding hydrogens is 368 g/mol. The van der Waals surface area contributed by atoms with E-state index < -0.39 is 0 Å². The first-order valence-corrected chi connectivity index (χ1v) is 10.2. The highest BCUT2D eigenvalue weighted by atomic mass is 16.5. The summed E-state index contributed by atoms with van der Waals surface area (Å²) in [5.74, 6) is 2.53. The number of hydrogen-bond acceptors (Lipinski definition) is 7. The van der Waals surface area contributed by atoms with E-state index >= 15 is 0 Å². The fourth-order valence-corrected chi connectivity index (χ4v) is 3.85. The quantitative estimate of drug-likeness (QED) is 0.674. The molecule has 0 amide bonds. The average Bonchev–Trinajstić information content (AvgIpc) is 3.17. The second-order valence-electron chi connectivity index (χ2n) is 7.62. The Morgan fingerprint density at radius 1 is 0.759 bits per heavy atom. The summed E-state index contributed by atoms with van der Waals surface area (Å²) in [4.78, 5) is 19.0. The van der Waals surface area contributed by atoms with Crippen LogP contribution in [0, 0.1) is 13.8 Å². The van der Waals surface area contributed by atoms with Gasteiger partial charge in [0.25, 0.3) is 0 Å². The van der Waals surface area contributed by atoms with Crippen LogP contribution in [0.4, 0.5) is 11.6 Å². The van der Waals surface area contributed by atoms with E-state index in [9.17, 15) is 0 Å². The maximum absolute atomic E-state index is 5.53. The predicted octanol–water partition coefficient (Wildman–Crippen LogP) is 2.11. The van der Waals surface area contributed by atoms with Gasteiger partial charge in [-0.3, -0.25) is 4.57 Å². The fraction of sp³-hybridized carbons (Fsp3) is 0.476. The minimum Gasteiger partial charge on any atom is -0.378 e. The van der Waals surface area contributed by atoms with Crippen molar-refractivity contribution in [3.05, 3.63) is 35.7 Å². The summed E-state index contributed by atoms with van der Waals surface area (Å²) in [6.45, 7) is 10.5. The zero-order chi connectivity index (χ0) is 19.8. The molecule has 3 aromatic rings. The van der Waals surface area contributed by atoms with Crippen molar-refractivity contribution in [3.63, 3.8) is 0 Å². The Kier molecular flexibility index (Phi) is 4.81. The van der Waals surface area contributed by atoms with Gasteiger partial charge in [0.05, 0.1) is 37.5 Å². The first kappa shape index (κ1) is 18.3. The van der Waals surface area contributed by atoms with Crippen molar-refractivity contribution >= 4 is 22.7 Å². The average molecular weight is 394 g/mol. The van der Waals surface area contributed by atoms with Crippen LogP contribution in [0.15, 0.2) is 24.5 Å². The third kappa shape index (κ3) is 3.54. The molecule has 2 aliphatic rings. The van der Waals surface area contributed by atoms with Gasteiger partial charge in [-0.05, 0) is 37.1 Å². The zero-order valence-electron chi connectivity index (χ0n) is 17.0. The molecule has 2 aromatic heterocycles. The number of anilines is 2. The fourth-order valence-electron chi connectivity index (χ4n) is 3.85. The Morgan fingerprint density at radius 3 is 1.90 bits per heavy atom. The van der Waals surface area contributed by atoms with Crippen molar-refractivity contribution in [2.24, 2.45) is 0 Å². The molecule has 8 nitrogen and oxygen atoms in total. The van der Waals surface area contributed by atoms with Crippen LogP contribution in [0.1, 0.15) is 11.1 Å². The van der Waals surface area contributed by atoms with Gasteiger partial charge in [-0.1, -0.05) is 0 Å². The highest BCUT2D eigenvalue weighted by molar-refractivity contribution is 5.79. The number of aryl methyl sites for hydroxylation is 2. The topological polar surface area (TPSA) is 68.5 Å². The van der Waals surface area contributed by atoms with Crippen molar-refractivity contribution < 1.29 is 9.47 Å². The van der Waals surface area contributed by atoms with E-state index in [4.69, 9.17) is 19.4 Å². The monoisotopic (exact) mass is 394 g/mol. The lowest BCUT2D eigenvalue weighted by atomic mass is 10.1. The Morgan fingerprint density at radius 2 is 1.31 bits per heavy atom. The van der Waals surface area contributed by atoms with Crippen molar-refractivity contribution in [3.8, 4) is 5.95 Å². The maximum atomic E-state index is 5.53. The first-order valence-electron chi connectivity index (χ1n) is 10.2. The molecule has 2 fully saturated rings. The third-order valence-corrected chi connectivity index (χ3v) is 5.74. The van der Waals surface area contributed by atoms with E-state index in [2.05, 4.69) is 46.8 Å². The number of nitrogens with zero attached hydrogens (tertiary/aromatic N) is 6. The zero-order valence-corrected chi connectivity index (χ0v) is 17.0. The molecule has 0 unspecified atom stereocenters. The van der Waals surface area contributed by atoms with Crippen LogP contribution in [0.3, 0.4) is 0 Å². The van der Waals surface area contributed by atoms with E-state index in [1.807, 2.05) is 10.9 Å². The number of rotatable bonds is 3. The SMILES string of the molecule is Cc1cc2ncn(-c3nc(N4CCOCC4)cc(N4CCOCC4)n3)c2cc1C. The molecular formula is C21H26N6O2. The van der Waals surface area contributed by atoms with E-state index in [1.165, 1.54) is 11.1 Å². The lowest BCUT2D eigenvalue weighted by molar-refractivity contribution is 0.122. The number of imidazole rings is 1. The lowest BCUT2D eigenvalue weighted by Gasteiger charge is -2.31. The van der Waals surface area contributed by atoms with Crippen LogP contribution in [-0.4, -0.2) is 72.1 Å². The second kappa shape index (κ2) is 7.61. The van der Waals surface area contributed by atoms with Crippen LogP contribution in [0.2, 0.25) is 0 Å². The number of morpholine rings is 2. The van der Waals surface area contributed by atoms with Crippen molar-refractivity contribution in [1.82, 2.24) is 19.5 Å². The molecule has 2 saturated heterocycles. The summed E-state index contributed by atoms with van der Waals surface area (Å²) in [5, 5.41) is 0. The van der Waals surface area contributed by atoms with Crippen LogP contribution < -0.4 is 9.80 Å². The van der Waals surface area contributed by atoms with Crippen LogP contribution in [0.5, 0.6) is 0 Å².